The molecule has 4 nitrogen and oxygen atoms in total. The van der Waals surface area contributed by atoms with Gasteiger partial charge >= 0.3 is 0 Å². The first kappa shape index (κ1) is 21.7. The number of halogens is 1. The number of nitrogens with one attached hydrogen (secondary N) is 2. The molecule has 0 saturated heterocycles. The third kappa shape index (κ3) is 5.21. The maximum Gasteiger partial charge on any atom is 0.262 e. The van der Waals surface area contributed by atoms with Gasteiger partial charge in [0.1, 0.15) is 5.75 Å². The molecular formula is C27H25ClN2O2. The van der Waals surface area contributed by atoms with Crippen molar-refractivity contribution < 1.29 is 9.53 Å². The zero-order chi connectivity index (χ0) is 22.5. The average molecular weight is 445 g/mol. The summed E-state index contributed by atoms with van der Waals surface area (Å²) in [4.78, 5) is 12.4. The van der Waals surface area contributed by atoms with Gasteiger partial charge in [-0.05, 0) is 60.5 Å². The lowest BCUT2D eigenvalue weighted by molar-refractivity contribution is -0.118. The normalized spacial score (nSPS) is 10.7. The summed E-state index contributed by atoms with van der Waals surface area (Å²) in [5.74, 6) is 0.472. The molecule has 0 aliphatic heterocycles. The van der Waals surface area contributed by atoms with Crippen molar-refractivity contribution >= 4 is 39.7 Å². The summed E-state index contributed by atoms with van der Waals surface area (Å²) >= 11 is 6.27. The molecule has 1 amide bonds. The van der Waals surface area contributed by atoms with Crippen molar-refractivity contribution in [1.29, 1.82) is 0 Å². The minimum atomic E-state index is -0.203. The molecule has 0 heterocycles. The van der Waals surface area contributed by atoms with E-state index in [0.29, 0.717) is 12.3 Å². The molecule has 0 aromatic heterocycles. The summed E-state index contributed by atoms with van der Waals surface area (Å²) in [6.45, 7) is 4.45. The van der Waals surface area contributed by atoms with Crippen molar-refractivity contribution in [3.8, 4) is 5.75 Å². The first-order valence-electron chi connectivity index (χ1n) is 10.5. The minimum Gasteiger partial charge on any atom is -0.483 e. The van der Waals surface area contributed by atoms with Gasteiger partial charge in [0, 0.05) is 28.5 Å². The number of aryl methyl sites for hydroxylation is 2. The Kier molecular flexibility index (Phi) is 6.62. The smallest absolute Gasteiger partial charge is 0.262 e. The van der Waals surface area contributed by atoms with Crippen LogP contribution in [0.3, 0.4) is 0 Å². The molecule has 0 aliphatic carbocycles. The van der Waals surface area contributed by atoms with Crippen LogP contribution in [0.15, 0.2) is 78.9 Å². The first-order valence-corrected chi connectivity index (χ1v) is 10.9. The van der Waals surface area contributed by atoms with Crippen molar-refractivity contribution in [3.63, 3.8) is 0 Å². The number of amides is 1. The van der Waals surface area contributed by atoms with Gasteiger partial charge in [-0.25, -0.2) is 0 Å². The number of ether oxygens (including phenoxy) is 1. The fourth-order valence-corrected chi connectivity index (χ4v) is 3.68. The molecule has 0 radical (unpaired) electrons. The summed E-state index contributed by atoms with van der Waals surface area (Å²) in [6, 6.07) is 25.6. The molecule has 0 atom stereocenters. The fourth-order valence-electron chi connectivity index (χ4n) is 3.50. The molecule has 0 unspecified atom stereocenters. The number of carbonyl (C=O) groups is 1. The van der Waals surface area contributed by atoms with Crippen LogP contribution < -0.4 is 15.4 Å². The summed E-state index contributed by atoms with van der Waals surface area (Å²) in [5.41, 5.74) is 4.84. The molecule has 0 fully saturated rings. The van der Waals surface area contributed by atoms with Crippen LogP contribution >= 0.6 is 11.6 Å². The Morgan fingerprint density at radius 1 is 0.906 bits per heavy atom. The van der Waals surface area contributed by atoms with E-state index in [1.165, 1.54) is 0 Å². The molecule has 0 saturated carbocycles. The zero-order valence-electron chi connectivity index (χ0n) is 18.1. The van der Waals surface area contributed by atoms with Crippen molar-refractivity contribution in [1.82, 2.24) is 0 Å². The van der Waals surface area contributed by atoms with Crippen LogP contribution in [0.1, 0.15) is 16.7 Å². The van der Waals surface area contributed by atoms with Crippen LogP contribution in [-0.2, 0) is 11.3 Å². The van der Waals surface area contributed by atoms with E-state index in [0.717, 1.165) is 43.9 Å². The van der Waals surface area contributed by atoms with Crippen LogP contribution in [0.4, 0.5) is 11.4 Å². The molecule has 0 bridgehead atoms. The predicted molar refractivity (Wildman–Crippen MR) is 133 cm³/mol. The van der Waals surface area contributed by atoms with E-state index in [-0.39, 0.29) is 12.5 Å². The van der Waals surface area contributed by atoms with Gasteiger partial charge < -0.3 is 15.4 Å². The van der Waals surface area contributed by atoms with Gasteiger partial charge in [-0.2, -0.15) is 0 Å². The van der Waals surface area contributed by atoms with Crippen molar-refractivity contribution in [2.45, 2.75) is 20.4 Å². The van der Waals surface area contributed by atoms with E-state index in [1.807, 2.05) is 80.6 Å². The van der Waals surface area contributed by atoms with Crippen LogP contribution in [0.5, 0.6) is 5.75 Å². The number of fused-ring (bicyclic) bond motifs is 1. The largest absolute Gasteiger partial charge is 0.483 e. The Balaban J connectivity index is 1.52. The number of rotatable bonds is 7. The molecule has 0 aliphatic rings. The number of hydrogen-bond donors (Lipinski definition) is 2. The predicted octanol–water partition coefficient (Wildman–Crippen LogP) is 6.74. The summed E-state index contributed by atoms with van der Waals surface area (Å²) in [5, 5.41) is 9.21. The van der Waals surface area contributed by atoms with Gasteiger partial charge in [0.2, 0.25) is 0 Å². The topological polar surface area (TPSA) is 50.4 Å². The monoisotopic (exact) mass is 444 g/mol. The molecule has 32 heavy (non-hydrogen) atoms. The summed E-state index contributed by atoms with van der Waals surface area (Å²) in [6.07, 6.45) is 0. The van der Waals surface area contributed by atoms with Crippen LogP contribution in [0.25, 0.3) is 10.8 Å². The Morgan fingerprint density at radius 2 is 1.66 bits per heavy atom. The van der Waals surface area contributed by atoms with E-state index >= 15 is 0 Å². The quantitative estimate of drug-likeness (QED) is 0.332. The van der Waals surface area contributed by atoms with E-state index in [4.69, 9.17) is 16.3 Å². The van der Waals surface area contributed by atoms with Crippen molar-refractivity contribution in [3.05, 3.63) is 101 Å². The van der Waals surface area contributed by atoms with Crippen LogP contribution in [0.2, 0.25) is 5.02 Å². The Morgan fingerprint density at radius 3 is 2.44 bits per heavy atom. The highest BCUT2D eigenvalue weighted by Gasteiger charge is 2.12. The third-order valence-electron chi connectivity index (χ3n) is 5.33. The van der Waals surface area contributed by atoms with Crippen LogP contribution in [-0.4, -0.2) is 12.5 Å². The summed E-state index contributed by atoms with van der Waals surface area (Å²) in [7, 11) is 0. The maximum atomic E-state index is 12.4. The van der Waals surface area contributed by atoms with Gasteiger partial charge in [-0.3, -0.25) is 4.79 Å². The van der Waals surface area contributed by atoms with E-state index in [2.05, 4.69) is 22.8 Å². The second-order valence-electron chi connectivity index (χ2n) is 7.78. The first-order chi connectivity index (χ1) is 15.5. The molecular weight excluding hydrogens is 420 g/mol. The Bertz CT molecular complexity index is 1250. The van der Waals surface area contributed by atoms with Crippen molar-refractivity contribution in [2.24, 2.45) is 0 Å². The molecule has 5 heteroatoms. The minimum absolute atomic E-state index is 0.0738. The van der Waals surface area contributed by atoms with Gasteiger partial charge in [-0.1, -0.05) is 65.7 Å². The SMILES string of the molecule is Cc1ccc(NC(=O)COc2ccc3ccccc3c2CNc2ccc(C)c(Cl)c2)cc1. The zero-order valence-corrected chi connectivity index (χ0v) is 18.9. The average Bonchev–Trinajstić information content (AvgIpc) is 2.80. The lowest BCUT2D eigenvalue weighted by Gasteiger charge is -2.16. The van der Waals surface area contributed by atoms with E-state index < -0.39 is 0 Å². The molecule has 4 rings (SSSR count). The highest BCUT2D eigenvalue weighted by Crippen LogP contribution is 2.30. The Hall–Kier alpha value is -3.50. The number of anilines is 2. The highest BCUT2D eigenvalue weighted by molar-refractivity contribution is 6.31. The van der Waals surface area contributed by atoms with Gasteiger partial charge in [0.25, 0.3) is 5.91 Å². The molecule has 2 N–H and O–H groups in total. The highest BCUT2D eigenvalue weighted by atomic mass is 35.5. The standard InChI is InChI=1S/C27H25ClN2O2/c1-18-7-11-21(12-8-18)30-27(31)17-32-26-14-10-20-5-3-4-6-23(20)24(26)16-29-22-13-9-19(2)25(28)15-22/h3-15,29H,16-17H2,1-2H3,(H,30,31). The van der Waals surface area contributed by atoms with Crippen LogP contribution in [0, 0.1) is 13.8 Å². The molecule has 4 aromatic rings. The van der Waals surface area contributed by atoms with Gasteiger partial charge in [-0.15, -0.1) is 0 Å². The maximum absolute atomic E-state index is 12.4. The Labute approximate surface area is 193 Å². The van der Waals surface area contributed by atoms with Gasteiger partial charge in [0.15, 0.2) is 6.61 Å². The lowest BCUT2D eigenvalue weighted by Crippen LogP contribution is -2.20. The van der Waals surface area contributed by atoms with Crippen molar-refractivity contribution in [2.75, 3.05) is 17.2 Å². The number of hydrogen-bond acceptors (Lipinski definition) is 3. The van der Waals surface area contributed by atoms with Gasteiger partial charge in [0.05, 0.1) is 0 Å². The van der Waals surface area contributed by atoms with E-state index in [9.17, 15) is 4.79 Å². The molecule has 0 spiro atoms. The molecule has 4 aromatic carbocycles. The van der Waals surface area contributed by atoms with E-state index in [1.54, 1.807) is 0 Å². The molecule has 162 valence electrons. The second-order valence-corrected chi connectivity index (χ2v) is 8.19. The number of carbonyl (C=O) groups excluding carboxylic acids is 1. The fraction of sp³-hybridized carbons (Fsp3) is 0.148. The summed E-state index contributed by atoms with van der Waals surface area (Å²) < 4.78 is 5.96. The third-order valence-corrected chi connectivity index (χ3v) is 5.74. The lowest BCUT2D eigenvalue weighted by atomic mass is 10.0. The second kappa shape index (κ2) is 9.75. The number of benzene rings is 4.